The van der Waals surface area contributed by atoms with Crippen molar-refractivity contribution in [3.8, 4) is 0 Å². The second-order valence-electron chi connectivity index (χ2n) is 3.79. The number of thioether (sulfide) groups is 1. The van der Waals surface area contributed by atoms with Crippen molar-refractivity contribution in [2.24, 2.45) is 0 Å². The number of thiazole rings is 1. The molecule has 0 aliphatic carbocycles. The summed E-state index contributed by atoms with van der Waals surface area (Å²) in [7, 11) is 0. The first-order chi connectivity index (χ1) is 8.49. The lowest BCUT2D eigenvalue weighted by molar-refractivity contribution is 0.0701. The van der Waals surface area contributed by atoms with Crippen LogP contribution in [0.2, 0.25) is 0 Å². The highest BCUT2D eigenvalue weighted by atomic mass is 32.2. The zero-order valence-electron chi connectivity index (χ0n) is 10.2. The van der Waals surface area contributed by atoms with E-state index in [1.807, 2.05) is 13.8 Å². The summed E-state index contributed by atoms with van der Waals surface area (Å²) < 4.78 is 5.83. The molecule has 0 unspecified atom stereocenters. The summed E-state index contributed by atoms with van der Waals surface area (Å²) >= 11 is 2.71. The number of hydrogen-bond donors (Lipinski definition) is 1. The third kappa shape index (κ3) is 2.56. The second-order valence-corrected chi connectivity index (χ2v) is 6.01. The summed E-state index contributed by atoms with van der Waals surface area (Å²) in [6.45, 7) is 5.47. The number of rotatable bonds is 4. The van der Waals surface area contributed by atoms with E-state index in [0.29, 0.717) is 16.3 Å². The van der Waals surface area contributed by atoms with Gasteiger partial charge in [0.25, 0.3) is 0 Å². The quantitative estimate of drug-likeness (QED) is 0.870. The molecule has 1 N–H and O–H groups in total. The standard InChI is InChI=1S/C11H12N2O3S2/c1-5-8(7(3)16-13-5)4-17-11-12-6(2)9(18-11)10(14)15/h4H2,1-3H3,(H,14,15). The van der Waals surface area contributed by atoms with Gasteiger partial charge in [-0.05, 0) is 20.8 Å². The van der Waals surface area contributed by atoms with Crippen LogP contribution in [0.5, 0.6) is 0 Å². The van der Waals surface area contributed by atoms with Gasteiger partial charge in [-0.15, -0.1) is 11.3 Å². The van der Waals surface area contributed by atoms with Crippen LogP contribution in [0.4, 0.5) is 0 Å². The molecule has 0 atom stereocenters. The topological polar surface area (TPSA) is 76.2 Å². The molecule has 0 aliphatic rings. The maximum atomic E-state index is 10.9. The fourth-order valence-corrected chi connectivity index (χ4v) is 3.66. The maximum absolute atomic E-state index is 10.9. The molecule has 2 aromatic rings. The average molecular weight is 284 g/mol. The minimum atomic E-state index is -0.922. The molecule has 18 heavy (non-hydrogen) atoms. The number of carboxylic acid groups (broad SMARTS) is 1. The van der Waals surface area contributed by atoms with Crippen molar-refractivity contribution in [1.82, 2.24) is 10.1 Å². The van der Waals surface area contributed by atoms with Gasteiger partial charge in [0.1, 0.15) is 10.6 Å². The Kier molecular flexibility index (Phi) is 3.72. The number of aromatic carboxylic acids is 1. The normalized spacial score (nSPS) is 10.8. The predicted octanol–water partition coefficient (Wildman–Crippen LogP) is 3.05. The van der Waals surface area contributed by atoms with Crippen LogP contribution < -0.4 is 0 Å². The van der Waals surface area contributed by atoms with Gasteiger partial charge in [0.2, 0.25) is 0 Å². The highest BCUT2D eigenvalue weighted by Gasteiger charge is 2.15. The van der Waals surface area contributed by atoms with E-state index in [2.05, 4.69) is 10.1 Å². The van der Waals surface area contributed by atoms with Gasteiger partial charge < -0.3 is 9.63 Å². The molecule has 0 fully saturated rings. The first-order valence-electron chi connectivity index (χ1n) is 5.24. The number of carbonyl (C=O) groups is 1. The van der Waals surface area contributed by atoms with E-state index in [4.69, 9.17) is 9.63 Å². The first kappa shape index (κ1) is 13.1. The van der Waals surface area contributed by atoms with Crippen molar-refractivity contribution < 1.29 is 14.4 Å². The minimum Gasteiger partial charge on any atom is -0.477 e. The van der Waals surface area contributed by atoms with Gasteiger partial charge in [-0.2, -0.15) is 0 Å². The van der Waals surface area contributed by atoms with Gasteiger partial charge in [0.05, 0.1) is 11.4 Å². The first-order valence-corrected chi connectivity index (χ1v) is 7.04. The van der Waals surface area contributed by atoms with Crippen molar-refractivity contribution >= 4 is 29.1 Å². The smallest absolute Gasteiger partial charge is 0.347 e. The summed E-state index contributed by atoms with van der Waals surface area (Å²) in [6, 6.07) is 0. The Morgan fingerprint density at radius 1 is 1.39 bits per heavy atom. The van der Waals surface area contributed by atoms with Crippen LogP contribution in [0.3, 0.4) is 0 Å². The van der Waals surface area contributed by atoms with Gasteiger partial charge in [-0.25, -0.2) is 9.78 Å². The molecule has 5 nitrogen and oxygen atoms in total. The van der Waals surface area contributed by atoms with Crippen LogP contribution in [0.15, 0.2) is 8.86 Å². The van der Waals surface area contributed by atoms with Crippen LogP contribution in [-0.2, 0) is 5.75 Å². The lowest BCUT2D eigenvalue weighted by Crippen LogP contribution is -1.94. The summed E-state index contributed by atoms with van der Waals surface area (Å²) in [6.07, 6.45) is 0. The predicted molar refractivity (Wildman–Crippen MR) is 69.3 cm³/mol. The fourth-order valence-electron chi connectivity index (χ4n) is 1.47. The molecule has 0 saturated heterocycles. The zero-order chi connectivity index (χ0) is 13.3. The molecular formula is C11H12N2O3S2. The van der Waals surface area contributed by atoms with Crippen molar-refractivity contribution in [3.63, 3.8) is 0 Å². The molecule has 2 aromatic heterocycles. The maximum Gasteiger partial charge on any atom is 0.347 e. The summed E-state index contributed by atoms with van der Waals surface area (Å²) in [4.78, 5) is 15.5. The van der Waals surface area contributed by atoms with E-state index in [1.165, 1.54) is 23.1 Å². The molecular weight excluding hydrogens is 272 g/mol. The van der Waals surface area contributed by atoms with Crippen molar-refractivity contribution in [3.05, 3.63) is 27.6 Å². The van der Waals surface area contributed by atoms with Crippen LogP contribution in [0.1, 0.15) is 32.4 Å². The van der Waals surface area contributed by atoms with Crippen molar-refractivity contribution in [2.75, 3.05) is 0 Å². The van der Waals surface area contributed by atoms with Gasteiger partial charge in [-0.3, -0.25) is 0 Å². The van der Waals surface area contributed by atoms with E-state index in [-0.39, 0.29) is 0 Å². The van der Waals surface area contributed by atoms with Gasteiger partial charge in [-0.1, -0.05) is 16.9 Å². The fraction of sp³-hybridized carbons (Fsp3) is 0.364. The molecule has 0 spiro atoms. The number of carboxylic acids is 1. The van der Waals surface area contributed by atoms with Crippen molar-refractivity contribution in [1.29, 1.82) is 0 Å². The van der Waals surface area contributed by atoms with E-state index < -0.39 is 5.97 Å². The number of aromatic nitrogens is 2. The zero-order valence-corrected chi connectivity index (χ0v) is 11.8. The van der Waals surface area contributed by atoms with E-state index in [0.717, 1.165) is 21.4 Å². The molecule has 0 aromatic carbocycles. The summed E-state index contributed by atoms with van der Waals surface area (Å²) in [5, 5.41) is 12.8. The molecule has 2 rings (SSSR count). The molecule has 0 saturated carbocycles. The Hall–Kier alpha value is -1.34. The number of aryl methyl sites for hydroxylation is 3. The van der Waals surface area contributed by atoms with E-state index >= 15 is 0 Å². The molecule has 0 radical (unpaired) electrons. The van der Waals surface area contributed by atoms with Gasteiger partial charge in [0, 0.05) is 11.3 Å². The Morgan fingerprint density at radius 3 is 2.61 bits per heavy atom. The highest BCUT2D eigenvalue weighted by Crippen LogP contribution is 2.31. The third-order valence-corrected chi connectivity index (χ3v) is 4.81. The second kappa shape index (κ2) is 5.11. The third-order valence-electron chi connectivity index (χ3n) is 2.49. The van der Waals surface area contributed by atoms with Crippen molar-refractivity contribution in [2.45, 2.75) is 30.9 Å². The summed E-state index contributed by atoms with van der Waals surface area (Å²) in [5.74, 6) is 0.564. The monoisotopic (exact) mass is 284 g/mol. The molecule has 96 valence electrons. The average Bonchev–Trinajstić information content (AvgIpc) is 2.81. The Bertz CT molecular complexity index is 570. The SMILES string of the molecule is Cc1nc(SCc2c(C)noc2C)sc1C(=O)O. The molecule has 0 bridgehead atoms. The molecule has 7 heteroatoms. The largest absolute Gasteiger partial charge is 0.477 e. The Morgan fingerprint density at radius 2 is 2.11 bits per heavy atom. The van der Waals surface area contributed by atoms with E-state index in [1.54, 1.807) is 6.92 Å². The number of hydrogen-bond acceptors (Lipinski definition) is 6. The van der Waals surface area contributed by atoms with Crippen LogP contribution in [0, 0.1) is 20.8 Å². The molecule has 0 aliphatic heterocycles. The van der Waals surface area contributed by atoms with Crippen LogP contribution in [0.25, 0.3) is 0 Å². The summed E-state index contributed by atoms with van der Waals surface area (Å²) in [5.41, 5.74) is 2.48. The minimum absolute atomic E-state index is 0.302. The Balaban J connectivity index is 2.11. The lowest BCUT2D eigenvalue weighted by atomic mass is 10.2. The van der Waals surface area contributed by atoms with Crippen LogP contribution >= 0.6 is 23.1 Å². The molecule has 0 amide bonds. The van der Waals surface area contributed by atoms with Gasteiger partial charge >= 0.3 is 5.97 Å². The van der Waals surface area contributed by atoms with E-state index in [9.17, 15) is 4.79 Å². The number of nitrogens with zero attached hydrogens (tertiary/aromatic N) is 2. The highest BCUT2D eigenvalue weighted by molar-refractivity contribution is 8.00. The molecule has 2 heterocycles. The van der Waals surface area contributed by atoms with Crippen LogP contribution in [-0.4, -0.2) is 21.2 Å². The van der Waals surface area contributed by atoms with Gasteiger partial charge in [0.15, 0.2) is 4.34 Å². The lowest BCUT2D eigenvalue weighted by Gasteiger charge is -1.96. The Labute approximate surface area is 112 Å².